The predicted octanol–water partition coefficient (Wildman–Crippen LogP) is -2.26. The van der Waals surface area contributed by atoms with Crippen molar-refractivity contribution >= 4 is 108 Å². The highest BCUT2D eigenvalue weighted by atomic mass is 33.1. The molecular weight excluding hydrogens is 1170 g/mol. The van der Waals surface area contributed by atoms with E-state index in [1.165, 1.54) is 19.4 Å². The quantitative estimate of drug-likeness (QED) is 0.0437. The van der Waals surface area contributed by atoms with E-state index in [1.807, 2.05) is 0 Å². The van der Waals surface area contributed by atoms with Crippen LogP contribution < -0.4 is 58.9 Å². The van der Waals surface area contributed by atoms with Crippen LogP contribution >= 0.6 is 21.6 Å². The Kier molecular flexibility index (Phi) is 25.1. The summed E-state index contributed by atoms with van der Waals surface area (Å²) in [5, 5.41) is 55.9. The van der Waals surface area contributed by atoms with Gasteiger partial charge >= 0.3 is 5.97 Å². The number of carbonyl (C=O) groups is 11. The van der Waals surface area contributed by atoms with Gasteiger partial charge in [-0.3, -0.25) is 52.7 Å². The minimum atomic E-state index is -1.84. The molecule has 1 aliphatic heterocycles. The van der Waals surface area contributed by atoms with Gasteiger partial charge in [-0.2, -0.15) is 0 Å². The van der Waals surface area contributed by atoms with Crippen molar-refractivity contribution in [3.05, 3.63) is 90.3 Å². The predicted molar refractivity (Wildman–Crippen MR) is 321 cm³/mol. The third-order valence-electron chi connectivity index (χ3n) is 14.2. The van der Waals surface area contributed by atoms with Crippen LogP contribution in [0.3, 0.4) is 0 Å². The molecule has 0 bridgehead atoms. The number of hydrogen-bond acceptors (Lipinski definition) is 17. The molecule has 1 unspecified atom stereocenters. The van der Waals surface area contributed by atoms with Crippen LogP contribution in [0.15, 0.2) is 73.4 Å². The van der Waals surface area contributed by atoms with Gasteiger partial charge in [-0.25, -0.2) is 4.98 Å². The summed E-state index contributed by atoms with van der Waals surface area (Å²) in [6, 6.07) is 0.273. The fraction of sp³-hybridized carbons (Fsp3) is 0.464. The summed E-state index contributed by atoms with van der Waals surface area (Å²) in [7, 11) is 1.33. The van der Waals surface area contributed by atoms with Gasteiger partial charge in [-0.15, -0.1) is 0 Å². The molecule has 5 aromatic rings. The lowest BCUT2D eigenvalue weighted by Gasteiger charge is -2.30. The first-order valence-corrected chi connectivity index (χ1v) is 30.4. The van der Waals surface area contributed by atoms with Gasteiger partial charge in [0.1, 0.15) is 54.9 Å². The lowest BCUT2D eigenvalue weighted by molar-refractivity contribution is -0.138. The fourth-order valence-corrected chi connectivity index (χ4v) is 11.6. The largest absolute Gasteiger partial charge is 0.480 e. The molecule has 11 atom stereocenters. The molecule has 470 valence electrons. The molecule has 87 heavy (non-hydrogen) atoms. The maximum Gasteiger partial charge on any atom is 0.322 e. The number of aliphatic hydroxyl groups excluding tert-OH is 2. The monoisotopic (exact) mass is 1250 g/mol. The first kappa shape index (κ1) is 67.6. The number of H-pyrrole nitrogens is 3. The zero-order valence-corrected chi connectivity index (χ0v) is 50.0. The molecule has 3 aromatic heterocycles. The van der Waals surface area contributed by atoms with Gasteiger partial charge < -0.3 is 89.2 Å². The number of nitrogens with zero attached hydrogens (tertiary/aromatic N) is 1. The van der Waals surface area contributed by atoms with Gasteiger partial charge in [-0.1, -0.05) is 92.1 Å². The molecule has 0 aliphatic carbocycles. The number of aromatic amines is 3. The molecule has 0 spiro atoms. The molecule has 4 heterocycles. The Balaban J connectivity index is 1.44. The first-order valence-electron chi connectivity index (χ1n) is 28.1. The highest BCUT2D eigenvalue weighted by molar-refractivity contribution is 8.77. The number of nitrogens with two attached hydrogens (primary N) is 1. The van der Waals surface area contributed by atoms with Crippen LogP contribution in [0, 0.1) is 11.8 Å². The number of rotatable bonds is 17. The van der Waals surface area contributed by atoms with Crippen LogP contribution in [-0.4, -0.2) is 186 Å². The van der Waals surface area contributed by atoms with Crippen LogP contribution in [0.5, 0.6) is 0 Å². The Morgan fingerprint density at radius 3 is 1.62 bits per heavy atom. The van der Waals surface area contributed by atoms with E-state index in [2.05, 4.69) is 73.1 Å². The Morgan fingerprint density at radius 2 is 1.11 bits per heavy atom. The van der Waals surface area contributed by atoms with E-state index in [0.717, 1.165) is 10.8 Å². The molecule has 1 fully saturated rings. The number of carboxylic acid groups (broad SMARTS) is 1. The van der Waals surface area contributed by atoms with E-state index in [0.29, 0.717) is 50.1 Å². The van der Waals surface area contributed by atoms with E-state index in [9.17, 15) is 68.1 Å². The molecular formula is C56H75N15O14S2. The summed E-state index contributed by atoms with van der Waals surface area (Å²) in [5.41, 5.74) is 8.51. The molecule has 2 aromatic carbocycles. The van der Waals surface area contributed by atoms with E-state index in [4.69, 9.17) is 5.73 Å². The number of imidazole rings is 1. The number of amides is 10. The van der Waals surface area contributed by atoms with Crippen molar-refractivity contribution < 1.29 is 68.1 Å². The lowest BCUT2D eigenvalue weighted by atomic mass is 9.96. The molecule has 6 rings (SSSR count). The molecule has 1 saturated heterocycles. The standard InChI is InChI=1S/C56H75N15O14S2/c1-6-28(4)45-54(84)66-37(15-27(2)3)48(78)65-40(18-32-21-58-26-62-32)51(81)69-43(47(77)61-22-44(74)75)25-86-87-56(71-46(76)29(5)57)55(85)68-41(23-72)52(82)64-38(16-30-19-59-35-13-9-7-11-33(30)35)49(79)63-39(50(80)67-42(24-73)53(83)70-45)17-31-20-60-36-14-10-8-12-34(31)36/h7-14,19-21,26-29,37-43,45,56,59-60,72-73H,6,15-18,22-25,57H2,1-5H3,(H,58,62)(H,61,77)(H,63,79)(H,64,82)(H,65,78)(H,66,84)(H,67,80)(H,68,85)(H,69,81)(H,70,83)(H,71,76)(H,74,75)/t28-,29-,37+,38+,39+,40+,41+,42+,43?,45+,56-/m0/s1. The number of aliphatic carboxylic acids is 1. The van der Waals surface area contributed by atoms with Gasteiger partial charge in [0.05, 0.1) is 31.3 Å². The van der Waals surface area contributed by atoms with Crippen LogP contribution in [-0.2, 0) is 72.0 Å². The van der Waals surface area contributed by atoms with Crippen LogP contribution in [0.4, 0.5) is 0 Å². The second kappa shape index (κ2) is 32.3. The van der Waals surface area contributed by atoms with Crippen molar-refractivity contribution in [2.75, 3.05) is 25.5 Å². The second-order valence-corrected chi connectivity index (χ2v) is 23.9. The van der Waals surface area contributed by atoms with Crippen molar-refractivity contribution in [2.24, 2.45) is 17.6 Å². The minimum Gasteiger partial charge on any atom is -0.480 e. The molecule has 29 nitrogen and oxygen atoms in total. The van der Waals surface area contributed by atoms with Gasteiger partial charge in [0.15, 0.2) is 5.37 Å². The van der Waals surface area contributed by atoms with Gasteiger partial charge in [-0.05, 0) is 48.4 Å². The third kappa shape index (κ3) is 19.2. The Morgan fingerprint density at radius 1 is 0.632 bits per heavy atom. The Labute approximate surface area is 507 Å². The number of nitrogens with one attached hydrogen (secondary N) is 13. The van der Waals surface area contributed by atoms with Crippen molar-refractivity contribution in [3.8, 4) is 0 Å². The SMILES string of the molecule is CC[C@H](C)[C@H]1NC(=O)[C@@H](CO)NC(=O)[C@@H](Cc2c[nH]c3ccccc23)NC(=O)[C@@H](Cc2c[nH]c3ccccc23)NC(=O)[C@@H](CO)NC(=O)[C@@H](NC(=O)[C@H](C)N)SSCC(C(=O)NCC(=O)O)NC(=O)[C@@H](Cc2c[nH]cn2)NC(=O)[C@@H](CC(C)C)NC1=O. The Bertz CT molecular complexity index is 3250. The molecule has 18 N–H and O–H groups in total. The number of fused-ring (bicyclic) bond motifs is 2. The maximum absolute atomic E-state index is 14.9. The highest BCUT2D eigenvalue weighted by Crippen LogP contribution is 2.28. The van der Waals surface area contributed by atoms with Crippen LogP contribution in [0.1, 0.15) is 64.3 Å². The summed E-state index contributed by atoms with van der Waals surface area (Å²) >= 11 is 0. The van der Waals surface area contributed by atoms with Crippen LogP contribution in [0.2, 0.25) is 0 Å². The average molecular weight is 1250 g/mol. The summed E-state index contributed by atoms with van der Waals surface area (Å²) in [5.74, 6) is -12.6. The van der Waals surface area contributed by atoms with Crippen molar-refractivity contribution in [1.29, 1.82) is 0 Å². The number of aliphatic hydroxyl groups is 2. The summed E-state index contributed by atoms with van der Waals surface area (Å²) < 4.78 is 0. The van der Waals surface area contributed by atoms with Crippen molar-refractivity contribution in [1.82, 2.24) is 73.1 Å². The maximum atomic E-state index is 14.9. The first-order chi connectivity index (χ1) is 41.5. The van der Waals surface area contributed by atoms with E-state index < -0.39 is 156 Å². The number of carboxylic acids is 1. The molecule has 0 saturated carbocycles. The van der Waals surface area contributed by atoms with Gasteiger partial charge in [0.25, 0.3) is 5.91 Å². The molecule has 31 heteroatoms. The van der Waals surface area contributed by atoms with Crippen LogP contribution in [0.25, 0.3) is 21.8 Å². The van der Waals surface area contributed by atoms with Gasteiger partial charge in [0.2, 0.25) is 53.2 Å². The van der Waals surface area contributed by atoms with E-state index in [-0.39, 0.29) is 37.3 Å². The minimum absolute atomic E-state index is 0.0119. The summed E-state index contributed by atoms with van der Waals surface area (Å²) in [6.45, 7) is 5.24. The number of carbonyl (C=O) groups excluding carboxylic acids is 10. The number of aromatic nitrogens is 4. The Hall–Kier alpha value is -8.52. The highest BCUT2D eigenvalue weighted by Gasteiger charge is 2.38. The van der Waals surface area contributed by atoms with Gasteiger partial charge in [0, 0.05) is 65.4 Å². The molecule has 1 aliphatic rings. The topological polar surface area (TPSA) is 455 Å². The summed E-state index contributed by atoms with van der Waals surface area (Å²) in [6.07, 6.45) is 5.47. The average Bonchev–Trinajstić information content (AvgIpc) is 2.35. The number of hydrogen-bond donors (Lipinski definition) is 17. The third-order valence-corrected chi connectivity index (χ3v) is 16.7. The summed E-state index contributed by atoms with van der Waals surface area (Å²) in [4.78, 5) is 168. The van der Waals surface area contributed by atoms with Crippen molar-refractivity contribution in [3.63, 3.8) is 0 Å². The smallest absolute Gasteiger partial charge is 0.322 e. The molecule has 0 radical (unpaired) electrons. The number of para-hydroxylation sites is 2. The zero-order valence-electron chi connectivity index (χ0n) is 48.4. The normalized spacial score (nSPS) is 23.7. The number of benzene rings is 2. The van der Waals surface area contributed by atoms with E-state index >= 15 is 0 Å². The second-order valence-electron chi connectivity index (χ2n) is 21.4. The van der Waals surface area contributed by atoms with E-state index in [1.54, 1.807) is 88.6 Å². The van der Waals surface area contributed by atoms with Crippen molar-refractivity contribution in [2.45, 2.75) is 126 Å². The molecule has 10 amide bonds. The lowest BCUT2D eigenvalue weighted by Crippen LogP contribution is -2.62. The zero-order chi connectivity index (χ0) is 63.5. The fourth-order valence-electron chi connectivity index (χ4n) is 9.24.